The lowest BCUT2D eigenvalue weighted by Crippen LogP contribution is -2.50. The minimum Gasteiger partial charge on any atom is -0.508 e. The summed E-state index contributed by atoms with van der Waals surface area (Å²) in [7, 11) is 3.02. The number of rotatable bonds is 4. The van der Waals surface area contributed by atoms with Crippen LogP contribution in [0, 0.1) is 10.1 Å². The van der Waals surface area contributed by atoms with Crippen molar-refractivity contribution in [2.45, 2.75) is 6.17 Å². The summed E-state index contributed by atoms with van der Waals surface area (Å²) in [5.41, 5.74) is 0.867. The molecule has 2 aromatic carbocycles. The van der Waals surface area contributed by atoms with E-state index >= 15 is 0 Å². The average molecular weight is 370 g/mol. The molecule has 3 rings (SSSR count). The Bertz CT molecular complexity index is 930. The van der Waals surface area contributed by atoms with Crippen LogP contribution in [-0.2, 0) is 4.79 Å². The number of non-ortho nitro benzene ring substituents is 1. The van der Waals surface area contributed by atoms with Crippen LogP contribution >= 0.6 is 0 Å². The molecule has 0 aromatic heterocycles. The number of hydrogen-bond donors (Lipinski definition) is 2. The smallest absolute Gasteiger partial charge is 0.270 e. The predicted octanol–water partition coefficient (Wildman–Crippen LogP) is 1.64. The van der Waals surface area contributed by atoms with Crippen LogP contribution in [0.3, 0.4) is 0 Å². The molecular formula is C18H18N4O5. The third-order valence-corrected chi connectivity index (χ3v) is 4.52. The van der Waals surface area contributed by atoms with Crippen LogP contribution in [0.2, 0.25) is 0 Å². The molecule has 1 aliphatic rings. The first kappa shape index (κ1) is 18.2. The predicted molar refractivity (Wildman–Crippen MR) is 97.5 cm³/mol. The van der Waals surface area contributed by atoms with E-state index in [4.69, 9.17) is 0 Å². The van der Waals surface area contributed by atoms with Gasteiger partial charge in [0, 0.05) is 31.8 Å². The average Bonchev–Trinajstić information content (AvgIpc) is 2.66. The number of nitrogens with zero attached hydrogens (tertiary/aromatic N) is 3. The van der Waals surface area contributed by atoms with Gasteiger partial charge in [0.2, 0.25) is 5.91 Å². The van der Waals surface area contributed by atoms with E-state index in [0.717, 1.165) is 0 Å². The van der Waals surface area contributed by atoms with Crippen molar-refractivity contribution in [2.24, 2.45) is 0 Å². The van der Waals surface area contributed by atoms with Gasteiger partial charge in [0.1, 0.15) is 11.9 Å². The number of likely N-dealkylation sites (N-methyl/N-ethyl adjacent to an activating group) is 1. The topological polar surface area (TPSA) is 116 Å². The van der Waals surface area contributed by atoms with E-state index < -0.39 is 11.1 Å². The van der Waals surface area contributed by atoms with Crippen molar-refractivity contribution in [2.75, 3.05) is 25.5 Å². The Morgan fingerprint density at radius 1 is 1.30 bits per heavy atom. The molecule has 0 radical (unpaired) electrons. The molecule has 2 N–H and O–H groups in total. The molecule has 0 spiro atoms. The first-order valence-corrected chi connectivity index (χ1v) is 8.16. The van der Waals surface area contributed by atoms with Crippen molar-refractivity contribution in [3.05, 3.63) is 63.7 Å². The van der Waals surface area contributed by atoms with Crippen molar-refractivity contribution < 1.29 is 19.6 Å². The fourth-order valence-corrected chi connectivity index (χ4v) is 3.19. The Morgan fingerprint density at radius 2 is 2.00 bits per heavy atom. The lowest BCUT2D eigenvalue weighted by Gasteiger charge is -2.43. The zero-order chi connectivity index (χ0) is 19.7. The van der Waals surface area contributed by atoms with Crippen LogP contribution in [-0.4, -0.2) is 47.4 Å². The first-order valence-electron chi connectivity index (χ1n) is 8.16. The fourth-order valence-electron chi connectivity index (χ4n) is 3.19. The van der Waals surface area contributed by atoms with Crippen LogP contribution < -0.4 is 10.2 Å². The number of para-hydroxylation sites is 1. The van der Waals surface area contributed by atoms with E-state index in [9.17, 15) is 24.8 Å². The molecule has 0 fully saturated rings. The van der Waals surface area contributed by atoms with Crippen LogP contribution in [0.25, 0.3) is 0 Å². The van der Waals surface area contributed by atoms with Gasteiger partial charge in [0.05, 0.1) is 22.7 Å². The van der Waals surface area contributed by atoms with Gasteiger partial charge in [-0.3, -0.25) is 19.7 Å². The molecule has 27 heavy (non-hydrogen) atoms. The number of benzene rings is 2. The summed E-state index contributed by atoms with van der Waals surface area (Å²) in [5.74, 6) is -0.816. The van der Waals surface area contributed by atoms with Crippen molar-refractivity contribution in [1.29, 1.82) is 0 Å². The molecule has 0 saturated carbocycles. The minimum atomic E-state index is -0.885. The third-order valence-electron chi connectivity index (χ3n) is 4.52. The highest BCUT2D eigenvalue weighted by Crippen LogP contribution is 2.41. The summed E-state index contributed by atoms with van der Waals surface area (Å²) in [5, 5.41) is 24.0. The minimum absolute atomic E-state index is 0.0993. The van der Waals surface area contributed by atoms with Gasteiger partial charge in [-0.05, 0) is 18.2 Å². The van der Waals surface area contributed by atoms with E-state index in [-0.39, 0.29) is 35.4 Å². The van der Waals surface area contributed by atoms with Crippen molar-refractivity contribution >= 4 is 23.2 Å². The highest BCUT2D eigenvalue weighted by Gasteiger charge is 2.38. The maximum Gasteiger partial charge on any atom is 0.270 e. The molecule has 0 saturated heterocycles. The SMILES string of the molecule is CNC(=O)CN1c2ccccc2C(=O)N(C)[C@@H]1c1cc([N+](=O)[O-])ccc1O. The number of amides is 2. The number of anilines is 1. The number of phenols is 1. The number of carbonyl (C=O) groups is 2. The van der Waals surface area contributed by atoms with Gasteiger partial charge in [-0.1, -0.05) is 12.1 Å². The number of nitro groups is 1. The van der Waals surface area contributed by atoms with Gasteiger partial charge in [0.15, 0.2) is 0 Å². The Morgan fingerprint density at radius 3 is 2.67 bits per heavy atom. The Labute approximate surface area is 155 Å². The monoisotopic (exact) mass is 370 g/mol. The zero-order valence-corrected chi connectivity index (χ0v) is 14.7. The fraction of sp³-hybridized carbons (Fsp3) is 0.222. The van der Waals surface area contributed by atoms with Gasteiger partial charge >= 0.3 is 0 Å². The summed E-state index contributed by atoms with van der Waals surface area (Å²) in [6.45, 7) is -0.0993. The summed E-state index contributed by atoms with van der Waals surface area (Å²) in [4.78, 5) is 38.5. The summed E-state index contributed by atoms with van der Waals surface area (Å²) < 4.78 is 0. The zero-order valence-electron chi connectivity index (χ0n) is 14.7. The van der Waals surface area contributed by atoms with Crippen LogP contribution in [0.15, 0.2) is 42.5 Å². The number of fused-ring (bicyclic) bond motifs is 1. The molecule has 9 nitrogen and oxygen atoms in total. The molecule has 0 aliphatic carbocycles. The quantitative estimate of drug-likeness (QED) is 0.624. The number of aromatic hydroxyl groups is 1. The highest BCUT2D eigenvalue weighted by atomic mass is 16.6. The van der Waals surface area contributed by atoms with E-state index in [2.05, 4.69) is 5.32 Å². The van der Waals surface area contributed by atoms with Gasteiger partial charge in [-0.2, -0.15) is 0 Å². The van der Waals surface area contributed by atoms with E-state index in [1.807, 2.05) is 0 Å². The van der Waals surface area contributed by atoms with Crippen LogP contribution in [0.5, 0.6) is 5.75 Å². The van der Waals surface area contributed by atoms with Gasteiger partial charge < -0.3 is 20.2 Å². The van der Waals surface area contributed by atoms with Crippen LogP contribution in [0.4, 0.5) is 11.4 Å². The number of phenolic OH excluding ortho intramolecular Hbond substituents is 1. The second kappa shape index (κ2) is 6.94. The number of carbonyl (C=O) groups excluding carboxylic acids is 2. The summed E-state index contributed by atoms with van der Waals surface area (Å²) in [6, 6.07) is 10.4. The van der Waals surface area contributed by atoms with Gasteiger partial charge in [-0.15, -0.1) is 0 Å². The normalized spacial score (nSPS) is 16.1. The molecule has 1 heterocycles. The Kier molecular flexibility index (Phi) is 4.68. The molecule has 2 amide bonds. The van der Waals surface area contributed by atoms with E-state index in [1.54, 1.807) is 29.2 Å². The first-order chi connectivity index (χ1) is 12.8. The maximum absolute atomic E-state index is 12.8. The molecule has 0 bridgehead atoms. The standard InChI is InChI=1S/C18H18N4O5/c1-19-16(24)10-21-14-6-4-3-5-12(14)18(25)20(2)17(21)13-9-11(22(26)27)7-8-15(13)23/h3-9,17,23H,10H2,1-2H3,(H,19,24)/t17-/m0/s1. The van der Waals surface area contributed by atoms with E-state index in [1.165, 1.54) is 37.2 Å². The molecule has 1 aliphatic heterocycles. The highest BCUT2D eigenvalue weighted by molar-refractivity contribution is 6.02. The number of nitro benzene ring substituents is 1. The largest absolute Gasteiger partial charge is 0.508 e. The van der Waals surface area contributed by atoms with Crippen LogP contribution in [0.1, 0.15) is 22.1 Å². The third kappa shape index (κ3) is 3.14. The van der Waals surface area contributed by atoms with E-state index in [0.29, 0.717) is 11.3 Å². The van der Waals surface area contributed by atoms with Crippen molar-refractivity contribution in [3.8, 4) is 5.75 Å². The van der Waals surface area contributed by atoms with Gasteiger partial charge in [-0.25, -0.2) is 0 Å². The summed E-state index contributed by atoms with van der Waals surface area (Å²) in [6.07, 6.45) is -0.885. The van der Waals surface area contributed by atoms with Crippen molar-refractivity contribution in [3.63, 3.8) is 0 Å². The van der Waals surface area contributed by atoms with Crippen molar-refractivity contribution in [1.82, 2.24) is 10.2 Å². The maximum atomic E-state index is 12.8. The molecular weight excluding hydrogens is 352 g/mol. The second-order valence-electron chi connectivity index (χ2n) is 6.11. The number of nitrogens with one attached hydrogen (secondary N) is 1. The lowest BCUT2D eigenvalue weighted by molar-refractivity contribution is -0.385. The molecule has 140 valence electrons. The molecule has 2 aromatic rings. The lowest BCUT2D eigenvalue weighted by atomic mass is 10.0. The Balaban J connectivity index is 2.20. The second-order valence-corrected chi connectivity index (χ2v) is 6.11. The summed E-state index contributed by atoms with van der Waals surface area (Å²) >= 11 is 0. The molecule has 0 unspecified atom stereocenters. The molecule has 1 atom stereocenters. The van der Waals surface area contributed by atoms with Gasteiger partial charge in [0.25, 0.3) is 11.6 Å². The molecule has 9 heteroatoms. The Hall–Kier alpha value is -3.62. The number of hydrogen-bond acceptors (Lipinski definition) is 6.